The molecule has 0 saturated carbocycles. The first-order chi connectivity index (χ1) is 11.3. The smallest absolute Gasteiger partial charge is 0.263 e. The molecule has 24 heavy (non-hydrogen) atoms. The molecule has 2 aromatic carbocycles. The van der Waals surface area contributed by atoms with Gasteiger partial charge in [-0.15, -0.1) is 0 Å². The van der Waals surface area contributed by atoms with Crippen LogP contribution in [0.4, 0.5) is 5.69 Å². The summed E-state index contributed by atoms with van der Waals surface area (Å²) < 4.78 is 27.5. The van der Waals surface area contributed by atoms with Crippen molar-refractivity contribution in [1.82, 2.24) is 5.32 Å². The number of hydrogen-bond acceptors (Lipinski definition) is 3. The highest BCUT2D eigenvalue weighted by atomic mass is 35.5. The van der Waals surface area contributed by atoms with Gasteiger partial charge in [0.1, 0.15) is 4.90 Å². The molecule has 7 heteroatoms. The third kappa shape index (κ3) is 4.72. The Hall–Kier alpha value is -2.05. The van der Waals surface area contributed by atoms with Crippen LogP contribution in [-0.4, -0.2) is 20.9 Å². The normalized spacial score (nSPS) is 11.3. The van der Waals surface area contributed by atoms with Crippen molar-refractivity contribution in [1.29, 1.82) is 0 Å². The lowest BCUT2D eigenvalue weighted by atomic mass is 10.2. The molecule has 0 aliphatic carbocycles. The maximum atomic E-state index is 12.5. The van der Waals surface area contributed by atoms with Gasteiger partial charge in [-0.05, 0) is 36.2 Å². The number of carbonyl (C=O) groups is 1. The maximum Gasteiger partial charge on any atom is 0.263 e. The molecule has 2 aromatic rings. The summed E-state index contributed by atoms with van der Waals surface area (Å²) >= 11 is 6.03. The second-order valence-corrected chi connectivity index (χ2v) is 7.78. The monoisotopic (exact) mass is 366 g/mol. The lowest BCUT2D eigenvalue weighted by Gasteiger charge is -2.12. The molecular formula is C17H19ClN2O3S. The van der Waals surface area contributed by atoms with Gasteiger partial charge in [0.2, 0.25) is 0 Å². The minimum Gasteiger partial charge on any atom is -0.352 e. The molecule has 2 rings (SSSR count). The fourth-order valence-electron chi connectivity index (χ4n) is 1.97. The summed E-state index contributed by atoms with van der Waals surface area (Å²) in [7, 11) is -3.89. The van der Waals surface area contributed by atoms with E-state index in [0.29, 0.717) is 18.2 Å². The van der Waals surface area contributed by atoms with Gasteiger partial charge in [0.05, 0.1) is 5.02 Å². The number of anilines is 1. The Morgan fingerprint density at radius 1 is 1.12 bits per heavy atom. The molecule has 0 spiro atoms. The van der Waals surface area contributed by atoms with Crippen molar-refractivity contribution in [2.24, 2.45) is 5.92 Å². The van der Waals surface area contributed by atoms with Crippen molar-refractivity contribution in [3.8, 4) is 0 Å². The van der Waals surface area contributed by atoms with Crippen molar-refractivity contribution in [2.75, 3.05) is 11.3 Å². The molecule has 0 aliphatic heterocycles. The molecule has 0 atom stereocenters. The zero-order valence-corrected chi connectivity index (χ0v) is 15.0. The fraction of sp³-hybridized carbons (Fsp3) is 0.235. The van der Waals surface area contributed by atoms with Crippen LogP contribution in [0.5, 0.6) is 0 Å². The highest BCUT2D eigenvalue weighted by Crippen LogP contribution is 2.25. The number of benzene rings is 2. The number of nitrogens with one attached hydrogen (secondary N) is 2. The first-order valence-electron chi connectivity index (χ1n) is 7.45. The number of sulfonamides is 1. The lowest BCUT2D eigenvalue weighted by molar-refractivity contribution is 0.0949. The standard InChI is InChI=1S/C17H19ClN2O3S/c1-12(2)11-19-17(21)13-8-9-15(18)16(10-13)24(22,23)20-14-6-4-3-5-7-14/h3-10,12,20H,11H2,1-2H3,(H,19,21). The summed E-state index contributed by atoms with van der Waals surface area (Å²) in [5.74, 6) is -0.0410. The zero-order valence-electron chi connectivity index (χ0n) is 13.4. The number of hydrogen-bond donors (Lipinski definition) is 2. The van der Waals surface area contributed by atoms with Crippen LogP contribution in [0.15, 0.2) is 53.4 Å². The first kappa shape index (κ1) is 18.3. The predicted octanol–water partition coefficient (Wildman–Crippen LogP) is 3.53. The summed E-state index contributed by atoms with van der Waals surface area (Å²) in [4.78, 5) is 12.0. The van der Waals surface area contributed by atoms with Crippen LogP contribution in [0.1, 0.15) is 24.2 Å². The van der Waals surface area contributed by atoms with E-state index >= 15 is 0 Å². The predicted molar refractivity (Wildman–Crippen MR) is 95.9 cm³/mol. The number of halogens is 1. The Balaban J connectivity index is 2.29. The molecule has 128 valence electrons. The first-order valence-corrected chi connectivity index (χ1v) is 9.31. The Morgan fingerprint density at radius 3 is 2.42 bits per heavy atom. The lowest BCUT2D eigenvalue weighted by Crippen LogP contribution is -2.27. The molecule has 0 heterocycles. The Morgan fingerprint density at radius 2 is 1.79 bits per heavy atom. The van der Waals surface area contributed by atoms with Gasteiger partial charge in [-0.2, -0.15) is 0 Å². The highest BCUT2D eigenvalue weighted by Gasteiger charge is 2.20. The number of rotatable bonds is 6. The van der Waals surface area contributed by atoms with E-state index in [4.69, 9.17) is 11.6 Å². The van der Waals surface area contributed by atoms with Crippen LogP contribution < -0.4 is 10.0 Å². The van der Waals surface area contributed by atoms with Crippen LogP contribution in [0, 0.1) is 5.92 Å². The molecule has 0 unspecified atom stereocenters. The van der Waals surface area contributed by atoms with Crippen LogP contribution >= 0.6 is 11.6 Å². The van der Waals surface area contributed by atoms with E-state index in [9.17, 15) is 13.2 Å². The number of para-hydroxylation sites is 1. The molecular weight excluding hydrogens is 348 g/mol. The third-order valence-corrected chi connectivity index (χ3v) is 5.04. The van der Waals surface area contributed by atoms with E-state index in [1.807, 2.05) is 13.8 Å². The quantitative estimate of drug-likeness (QED) is 0.821. The van der Waals surface area contributed by atoms with Crippen molar-refractivity contribution in [3.63, 3.8) is 0 Å². The SMILES string of the molecule is CC(C)CNC(=O)c1ccc(Cl)c(S(=O)(=O)Nc2ccccc2)c1. The van der Waals surface area contributed by atoms with E-state index < -0.39 is 10.0 Å². The van der Waals surface area contributed by atoms with Crippen LogP contribution in [0.3, 0.4) is 0 Å². The second kappa shape index (κ2) is 7.68. The van der Waals surface area contributed by atoms with Crippen molar-refractivity contribution in [3.05, 3.63) is 59.1 Å². The largest absolute Gasteiger partial charge is 0.352 e. The summed E-state index contributed by atoms with van der Waals surface area (Å²) in [5, 5.41) is 2.80. The summed E-state index contributed by atoms with van der Waals surface area (Å²) in [6.45, 7) is 4.45. The van der Waals surface area contributed by atoms with E-state index in [1.54, 1.807) is 30.3 Å². The minimum atomic E-state index is -3.89. The second-order valence-electron chi connectivity index (χ2n) is 5.72. The molecule has 5 nitrogen and oxygen atoms in total. The number of carbonyl (C=O) groups excluding carboxylic acids is 1. The van der Waals surface area contributed by atoms with Gasteiger partial charge in [-0.3, -0.25) is 9.52 Å². The van der Waals surface area contributed by atoms with Gasteiger partial charge < -0.3 is 5.32 Å². The molecule has 0 aliphatic rings. The van der Waals surface area contributed by atoms with E-state index in [0.717, 1.165) is 0 Å². The molecule has 2 N–H and O–H groups in total. The maximum absolute atomic E-state index is 12.5. The van der Waals surface area contributed by atoms with Gasteiger partial charge in [-0.1, -0.05) is 43.6 Å². The van der Waals surface area contributed by atoms with Crippen LogP contribution in [0.2, 0.25) is 5.02 Å². The van der Waals surface area contributed by atoms with Crippen molar-refractivity contribution in [2.45, 2.75) is 18.7 Å². The van der Waals surface area contributed by atoms with E-state index in [1.165, 1.54) is 18.2 Å². The van der Waals surface area contributed by atoms with Crippen molar-refractivity contribution < 1.29 is 13.2 Å². The molecule has 0 aromatic heterocycles. The molecule has 0 saturated heterocycles. The molecule has 0 bridgehead atoms. The third-order valence-electron chi connectivity index (χ3n) is 3.18. The van der Waals surface area contributed by atoms with Gasteiger partial charge in [0.25, 0.3) is 15.9 Å². The van der Waals surface area contributed by atoms with E-state index in [2.05, 4.69) is 10.0 Å². The van der Waals surface area contributed by atoms with Gasteiger partial charge in [0, 0.05) is 17.8 Å². The average molecular weight is 367 g/mol. The number of amides is 1. The van der Waals surface area contributed by atoms with Crippen molar-refractivity contribution >= 4 is 33.2 Å². The Kier molecular flexibility index (Phi) is 5.85. The Bertz CT molecular complexity index is 821. The summed E-state index contributed by atoms with van der Waals surface area (Å²) in [6, 6.07) is 12.7. The van der Waals surface area contributed by atoms with Crippen LogP contribution in [0.25, 0.3) is 0 Å². The molecule has 0 fully saturated rings. The Labute approximate surface area is 147 Å². The summed E-state index contributed by atoms with van der Waals surface area (Å²) in [6.07, 6.45) is 0. The van der Waals surface area contributed by atoms with E-state index in [-0.39, 0.29) is 21.4 Å². The topological polar surface area (TPSA) is 75.3 Å². The zero-order chi connectivity index (χ0) is 17.7. The minimum absolute atomic E-state index is 0.0545. The van der Waals surface area contributed by atoms with Gasteiger partial charge in [0.15, 0.2) is 0 Å². The van der Waals surface area contributed by atoms with Gasteiger partial charge in [-0.25, -0.2) is 8.42 Å². The average Bonchev–Trinajstić information content (AvgIpc) is 2.53. The van der Waals surface area contributed by atoms with Gasteiger partial charge >= 0.3 is 0 Å². The summed E-state index contributed by atoms with van der Waals surface area (Å²) in [5.41, 5.74) is 0.664. The molecule has 0 radical (unpaired) electrons. The fourth-order valence-corrected chi connectivity index (χ4v) is 3.55. The highest BCUT2D eigenvalue weighted by molar-refractivity contribution is 7.92. The van der Waals surface area contributed by atoms with Crippen LogP contribution in [-0.2, 0) is 10.0 Å². The molecule has 1 amide bonds.